The van der Waals surface area contributed by atoms with E-state index < -0.39 is 0 Å². The Hall–Kier alpha value is -1.18. The maximum Gasteiger partial charge on any atom is 0.167 e. The van der Waals surface area contributed by atoms with E-state index >= 15 is 0 Å². The SMILES string of the molecule is C1=NC2=CC=[NH+]CC2=CC1. The number of rotatable bonds is 0. The van der Waals surface area contributed by atoms with Gasteiger partial charge in [-0.05, 0) is 0 Å². The van der Waals surface area contributed by atoms with Crippen molar-refractivity contribution in [1.29, 1.82) is 0 Å². The summed E-state index contributed by atoms with van der Waals surface area (Å²) < 4.78 is 0. The summed E-state index contributed by atoms with van der Waals surface area (Å²) in [6.45, 7) is 0.934. The van der Waals surface area contributed by atoms with Crippen molar-refractivity contribution in [2.24, 2.45) is 4.99 Å². The van der Waals surface area contributed by atoms with Crippen LogP contribution in [-0.4, -0.2) is 19.0 Å². The van der Waals surface area contributed by atoms with Gasteiger partial charge in [-0.25, -0.2) is 4.99 Å². The fraction of sp³-hybridized carbons (Fsp3) is 0.250. The second-order valence-electron chi connectivity index (χ2n) is 2.38. The van der Waals surface area contributed by atoms with Gasteiger partial charge in [0, 0.05) is 24.3 Å². The van der Waals surface area contributed by atoms with Crippen LogP contribution < -0.4 is 4.99 Å². The molecule has 0 aliphatic carbocycles. The van der Waals surface area contributed by atoms with Gasteiger partial charge < -0.3 is 0 Å². The summed E-state index contributed by atoms with van der Waals surface area (Å²) in [6.07, 6.45) is 9.07. The minimum Gasteiger partial charge on any atom is -0.260 e. The molecular weight excluding hydrogens is 124 g/mol. The van der Waals surface area contributed by atoms with Crippen LogP contribution in [0.15, 0.2) is 28.4 Å². The summed E-state index contributed by atoms with van der Waals surface area (Å²) in [5, 5.41) is 0. The summed E-state index contributed by atoms with van der Waals surface area (Å²) in [6, 6.07) is 0. The highest BCUT2D eigenvalue weighted by Gasteiger charge is 2.10. The van der Waals surface area contributed by atoms with Crippen LogP contribution in [-0.2, 0) is 0 Å². The van der Waals surface area contributed by atoms with Gasteiger partial charge in [0.2, 0.25) is 0 Å². The monoisotopic (exact) mass is 133 g/mol. The molecule has 0 fully saturated rings. The molecule has 0 saturated carbocycles. The van der Waals surface area contributed by atoms with Gasteiger partial charge in [-0.15, -0.1) is 0 Å². The normalized spacial score (nSPS) is 21.6. The molecule has 0 unspecified atom stereocenters. The van der Waals surface area contributed by atoms with Crippen LogP contribution in [0.2, 0.25) is 0 Å². The fourth-order valence-corrected chi connectivity index (χ4v) is 1.15. The Morgan fingerprint density at radius 1 is 1.50 bits per heavy atom. The Balaban J connectivity index is 2.39. The Kier molecular flexibility index (Phi) is 1.24. The van der Waals surface area contributed by atoms with Crippen molar-refractivity contribution in [1.82, 2.24) is 0 Å². The highest BCUT2D eigenvalue weighted by molar-refractivity contribution is 5.74. The largest absolute Gasteiger partial charge is 0.260 e. The van der Waals surface area contributed by atoms with Crippen molar-refractivity contribution in [2.45, 2.75) is 6.42 Å². The lowest BCUT2D eigenvalue weighted by Gasteiger charge is -2.07. The lowest BCUT2D eigenvalue weighted by Crippen LogP contribution is -2.70. The van der Waals surface area contributed by atoms with E-state index in [0.717, 1.165) is 18.7 Å². The van der Waals surface area contributed by atoms with Crippen molar-refractivity contribution in [3.63, 3.8) is 0 Å². The summed E-state index contributed by atoms with van der Waals surface area (Å²) in [7, 11) is 0. The summed E-state index contributed by atoms with van der Waals surface area (Å²) in [5.74, 6) is 0. The van der Waals surface area contributed by atoms with Crippen molar-refractivity contribution in [3.05, 3.63) is 23.4 Å². The molecule has 2 aliphatic heterocycles. The smallest absolute Gasteiger partial charge is 0.167 e. The Bertz CT molecular complexity index is 256. The zero-order chi connectivity index (χ0) is 6.81. The molecule has 0 radical (unpaired) electrons. The molecule has 2 rings (SSSR count). The summed E-state index contributed by atoms with van der Waals surface area (Å²) in [5.41, 5.74) is 2.44. The van der Waals surface area contributed by atoms with Crippen LogP contribution >= 0.6 is 0 Å². The lowest BCUT2D eigenvalue weighted by atomic mass is 10.1. The van der Waals surface area contributed by atoms with Crippen LogP contribution in [0, 0.1) is 0 Å². The van der Waals surface area contributed by atoms with Gasteiger partial charge >= 0.3 is 0 Å². The minimum atomic E-state index is 0.934. The van der Waals surface area contributed by atoms with E-state index in [9.17, 15) is 0 Å². The van der Waals surface area contributed by atoms with Crippen LogP contribution in [0.3, 0.4) is 0 Å². The minimum absolute atomic E-state index is 0.934. The highest BCUT2D eigenvalue weighted by atomic mass is 14.8. The van der Waals surface area contributed by atoms with Crippen molar-refractivity contribution < 1.29 is 4.99 Å². The molecule has 10 heavy (non-hydrogen) atoms. The zero-order valence-electron chi connectivity index (χ0n) is 5.67. The van der Waals surface area contributed by atoms with E-state index in [0.29, 0.717) is 0 Å². The molecule has 2 aliphatic rings. The number of allylic oxidation sites excluding steroid dienone is 2. The van der Waals surface area contributed by atoms with Gasteiger partial charge in [0.05, 0.1) is 5.70 Å². The molecule has 0 bridgehead atoms. The van der Waals surface area contributed by atoms with Gasteiger partial charge in [0.1, 0.15) is 0 Å². The summed E-state index contributed by atoms with van der Waals surface area (Å²) >= 11 is 0. The van der Waals surface area contributed by atoms with Gasteiger partial charge in [-0.2, -0.15) is 0 Å². The van der Waals surface area contributed by atoms with Crippen LogP contribution in [0.5, 0.6) is 0 Å². The first-order chi connectivity index (χ1) is 4.97. The second-order valence-corrected chi connectivity index (χ2v) is 2.38. The molecule has 2 heterocycles. The zero-order valence-corrected chi connectivity index (χ0v) is 5.67. The molecule has 2 nitrogen and oxygen atoms in total. The Labute approximate surface area is 59.7 Å². The third kappa shape index (κ3) is 0.817. The number of hydrogen-bond acceptors (Lipinski definition) is 1. The molecule has 1 N–H and O–H groups in total. The maximum absolute atomic E-state index is 4.25. The highest BCUT2D eigenvalue weighted by Crippen LogP contribution is 2.13. The molecule has 50 valence electrons. The molecule has 0 amide bonds. The van der Waals surface area contributed by atoms with Crippen LogP contribution in [0.25, 0.3) is 0 Å². The first-order valence-electron chi connectivity index (χ1n) is 3.45. The van der Waals surface area contributed by atoms with Crippen LogP contribution in [0.4, 0.5) is 0 Å². The summed E-state index contributed by atoms with van der Waals surface area (Å²) in [4.78, 5) is 7.39. The standard InChI is InChI=1S/C8H8N2/c1-2-7-6-9-5-3-8(7)10-4-1/h2-5H,1,6H2/p+1. The Morgan fingerprint density at radius 3 is 3.40 bits per heavy atom. The lowest BCUT2D eigenvalue weighted by molar-refractivity contribution is -0.441. The van der Waals surface area contributed by atoms with E-state index in [2.05, 4.69) is 16.1 Å². The van der Waals surface area contributed by atoms with E-state index in [1.165, 1.54) is 5.57 Å². The van der Waals surface area contributed by atoms with E-state index in [1.54, 1.807) is 0 Å². The third-order valence-corrected chi connectivity index (χ3v) is 1.68. The molecule has 0 aromatic rings. The molecule has 0 aromatic carbocycles. The number of hydrogen-bond donors (Lipinski definition) is 1. The average Bonchev–Trinajstić information content (AvgIpc) is 2.05. The van der Waals surface area contributed by atoms with Gasteiger partial charge in [-0.1, -0.05) is 6.08 Å². The van der Waals surface area contributed by atoms with E-state index in [4.69, 9.17) is 0 Å². The molecule has 2 heteroatoms. The fourth-order valence-electron chi connectivity index (χ4n) is 1.15. The van der Waals surface area contributed by atoms with Crippen molar-refractivity contribution in [3.8, 4) is 0 Å². The number of aliphatic imine (C=N–C) groups is 1. The topological polar surface area (TPSA) is 26.3 Å². The Morgan fingerprint density at radius 2 is 2.50 bits per heavy atom. The molecule has 0 spiro atoms. The number of nitrogens with zero attached hydrogens (tertiary/aromatic N) is 1. The number of dihydropyridines is 1. The number of fused-ring (bicyclic) bond motifs is 1. The van der Waals surface area contributed by atoms with E-state index in [-0.39, 0.29) is 0 Å². The van der Waals surface area contributed by atoms with E-state index in [1.807, 2.05) is 18.5 Å². The van der Waals surface area contributed by atoms with Gasteiger partial charge in [0.25, 0.3) is 0 Å². The van der Waals surface area contributed by atoms with Crippen molar-refractivity contribution >= 4 is 12.4 Å². The molecule has 0 saturated heterocycles. The third-order valence-electron chi connectivity index (χ3n) is 1.68. The van der Waals surface area contributed by atoms with Crippen molar-refractivity contribution in [2.75, 3.05) is 6.54 Å². The molecule has 0 aromatic heterocycles. The van der Waals surface area contributed by atoms with Crippen LogP contribution in [0.1, 0.15) is 6.42 Å². The van der Waals surface area contributed by atoms with Gasteiger partial charge in [-0.3, -0.25) is 4.99 Å². The average molecular weight is 133 g/mol. The first-order valence-corrected chi connectivity index (χ1v) is 3.45. The first kappa shape index (κ1) is 5.59. The predicted molar refractivity (Wildman–Crippen MR) is 41.2 cm³/mol. The quantitative estimate of drug-likeness (QED) is 0.458. The predicted octanol–water partition coefficient (Wildman–Crippen LogP) is -0.564. The molecular formula is C8H9N2+. The number of nitrogens with one attached hydrogen (secondary N) is 1. The maximum atomic E-state index is 4.25. The molecule has 0 atom stereocenters. The second kappa shape index (κ2) is 2.21. The van der Waals surface area contributed by atoms with Gasteiger partial charge in [0.15, 0.2) is 12.8 Å².